The normalized spacial score (nSPS) is 15.1. The lowest BCUT2D eigenvalue weighted by atomic mass is 9.85. The Labute approximate surface area is 239 Å². The maximum Gasteiger partial charge on any atom is 0.349 e. The van der Waals surface area contributed by atoms with Gasteiger partial charge in [-0.3, -0.25) is 14.8 Å². The fraction of sp³-hybridized carbons (Fsp3) is 0.906. The highest BCUT2D eigenvalue weighted by molar-refractivity contribution is 5.95. The minimum absolute atomic E-state index is 0.120. The van der Waals surface area contributed by atoms with Crippen molar-refractivity contribution in [1.82, 2.24) is 15.7 Å². The smallest absolute Gasteiger partial charge is 0.349 e. The van der Waals surface area contributed by atoms with Gasteiger partial charge < -0.3 is 10.6 Å². The molecule has 1 unspecified atom stereocenters. The molecule has 4 amide bonds. The van der Waals surface area contributed by atoms with Gasteiger partial charge in [-0.25, -0.2) is 4.79 Å². The average molecular weight is 552 g/mol. The molecule has 0 saturated heterocycles. The second kappa shape index (κ2) is 21.2. The van der Waals surface area contributed by atoms with Crippen molar-refractivity contribution in [3.8, 4) is 0 Å². The standard InChI is InChI=1S/C32H61N3O4/c1-5-6-7-8-9-10-11-12-13-14-15-16-17-18-19-23-26-28(36)35(39)31(38)34-29(32(2,3)4)30(37)33-27-24-21-20-22-25-27/h27,29,39H,5-26H2,1-4H3,(H,33,37)(H,34,38). The van der Waals surface area contributed by atoms with E-state index in [0.29, 0.717) is 6.42 Å². The van der Waals surface area contributed by atoms with E-state index in [1.165, 1.54) is 83.5 Å². The van der Waals surface area contributed by atoms with Gasteiger partial charge in [0.05, 0.1) is 0 Å². The maximum absolute atomic E-state index is 12.9. The Bertz CT molecular complexity index is 671. The van der Waals surface area contributed by atoms with Crippen molar-refractivity contribution in [2.75, 3.05) is 0 Å². The van der Waals surface area contributed by atoms with Crippen LogP contribution in [0.2, 0.25) is 0 Å². The molecule has 0 aromatic carbocycles. The monoisotopic (exact) mass is 551 g/mol. The Kier molecular flexibility index (Phi) is 19.2. The van der Waals surface area contributed by atoms with Crippen LogP contribution in [0.4, 0.5) is 4.79 Å². The molecule has 0 radical (unpaired) electrons. The number of hydroxylamine groups is 2. The van der Waals surface area contributed by atoms with Gasteiger partial charge in [0.25, 0.3) is 5.91 Å². The van der Waals surface area contributed by atoms with Crippen LogP contribution in [-0.4, -0.2) is 40.2 Å². The van der Waals surface area contributed by atoms with E-state index < -0.39 is 23.4 Å². The number of rotatable bonds is 20. The van der Waals surface area contributed by atoms with E-state index >= 15 is 0 Å². The molecular weight excluding hydrogens is 490 g/mol. The molecule has 0 aromatic rings. The van der Waals surface area contributed by atoms with Crippen LogP contribution >= 0.6 is 0 Å². The number of imide groups is 1. The zero-order valence-electron chi connectivity index (χ0n) is 25.8. The first kappa shape index (κ1) is 35.4. The Hall–Kier alpha value is -1.63. The number of nitrogens with zero attached hydrogens (tertiary/aromatic N) is 1. The summed E-state index contributed by atoms with van der Waals surface area (Å²) in [5.74, 6) is -0.889. The number of hydrogen-bond acceptors (Lipinski definition) is 4. The first-order valence-electron chi connectivity index (χ1n) is 16.3. The van der Waals surface area contributed by atoms with E-state index in [2.05, 4.69) is 17.6 Å². The van der Waals surface area contributed by atoms with Crippen LogP contribution in [0.1, 0.15) is 169 Å². The molecule has 1 aliphatic rings. The third kappa shape index (κ3) is 16.9. The lowest BCUT2D eigenvalue weighted by molar-refractivity contribution is -0.153. The van der Waals surface area contributed by atoms with Crippen LogP contribution in [0, 0.1) is 5.41 Å². The number of nitrogens with one attached hydrogen (secondary N) is 2. The molecule has 0 aromatic heterocycles. The van der Waals surface area contributed by atoms with Crippen LogP contribution in [-0.2, 0) is 9.59 Å². The molecule has 0 spiro atoms. The summed E-state index contributed by atoms with van der Waals surface area (Å²) in [6.45, 7) is 7.84. The number of hydrogen-bond donors (Lipinski definition) is 3. The van der Waals surface area contributed by atoms with Gasteiger partial charge in [0.15, 0.2) is 0 Å². The molecular formula is C32H61N3O4. The summed E-state index contributed by atoms with van der Waals surface area (Å²) in [4.78, 5) is 37.9. The van der Waals surface area contributed by atoms with Crippen LogP contribution in [0.5, 0.6) is 0 Å². The average Bonchev–Trinajstić information content (AvgIpc) is 2.90. The zero-order valence-corrected chi connectivity index (χ0v) is 25.8. The van der Waals surface area contributed by atoms with Crippen LogP contribution in [0.3, 0.4) is 0 Å². The van der Waals surface area contributed by atoms with Crippen molar-refractivity contribution in [2.24, 2.45) is 5.41 Å². The molecule has 0 aliphatic heterocycles. The van der Waals surface area contributed by atoms with Crippen molar-refractivity contribution >= 4 is 17.8 Å². The highest BCUT2D eigenvalue weighted by atomic mass is 16.5. The summed E-state index contributed by atoms with van der Waals surface area (Å²) in [5.41, 5.74) is -0.563. The van der Waals surface area contributed by atoms with Crippen molar-refractivity contribution in [3.05, 3.63) is 0 Å². The van der Waals surface area contributed by atoms with E-state index in [-0.39, 0.29) is 23.4 Å². The second-order valence-corrected chi connectivity index (χ2v) is 12.9. The van der Waals surface area contributed by atoms with Crippen molar-refractivity contribution in [2.45, 2.75) is 181 Å². The Morgan fingerprint density at radius 3 is 1.62 bits per heavy atom. The minimum atomic E-state index is -0.935. The van der Waals surface area contributed by atoms with E-state index in [0.717, 1.165) is 44.9 Å². The Morgan fingerprint density at radius 1 is 0.744 bits per heavy atom. The third-order valence-electron chi connectivity index (χ3n) is 8.02. The lowest BCUT2D eigenvalue weighted by Gasteiger charge is -2.33. The molecule has 39 heavy (non-hydrogen) atoms. The van der Waals surface area contributed by atoms with Gasteiger partial charge in [0.2, 0.25) is 5.91 Å². The first-order chi connectivity index (χ1) is 18.7. The zero-order chi connectivity index (χ0) is 28.9. The molecule has 3 N–H and O–H groups in total. The third-order valence-corrected chi connectivity index (χ3v) is 8.02. The Balaban J connectivity index is 2.14. The largest absolute Gasteiger partial charge is 0.352 e. The van der Waals surface area contributed by atoms with Gasteiger partial charge in [0.1, 0.15) is 6.04 Å². The summed E-state index contributed by atoms with van der Waals surface area (Å²) in [7, 11) is 0. The molecule has 1 atom stereocenters. The molecule has 1 rings (SSSR count). The van der Waals surface area contributed by atoms with Crippen LogP contribution in [0.25, 0.3) is 0 Å². The summed E-state index contributed by atoms with van der Waals surface area (Å²) in [6.07, 6.45) is 25.4. The number of unbranched alkanes of at least 4 members (excludes halogenated alkanes) is 15. The predicted octanol–water partition coefficient (Wildman–Crippen LogP) is 8.43. The van der Waals surface area contributed by atoms with Crippen LogP contribution in [0.15, 0.2) is 0 Å². The van der Waals surface area contributed by atoms with E-state index in [1.807, 2.05) is 20.8 Å². The van der Waals surface area contributed by atoms with Crippen molar-refractivity contribution in [3.63, 3.8) is 0 Å². The minimum Gasteiger partial charge on any atom is -0.352 e. The molecule has 1 fully saturated rings. The predicted molar refractivity (Wildman–Crippen MR) is 160 cm³/mol. The summed E-state index contributed by atoms with van der Waals surface area (Å²) in [6, 6.07) is -1.66. The van der Waals surface area contributed by atoms with E-state index in [1.54, 1.807) is 0 Å². The highest BCUT2D eigenvalue weighted by Crippen LogP contribution is 2.22. The summed E-state index contributed by atoms with van der Waals surface area (Å²) in [5, 5.41) is 16.0. The first-order valence-corrected chi connectivity index (χ1v) is 16.3. The molecule has 228 valence electrons. The maximum atomic E-state index is 12.9. The Morgan fingerprint density at radius 2 is 1.18 bits per heavy atom. The van der Waals surface area contributed by atoms with Gasteiger partial charge in [0, 0.05) is 12.5 Å². The van der Waals surface area contributed by atoms with Crippen molar-refractivity contribution < 1.29 is 19.6 Å². The summed E-state index contributed by atoms with van der Waals surface area (Å²) >= 11 is 0. The van der Waals surface area contributed by atoms with Gasteiger partial charge in [-0.1, -0.05) is 143 Å². The van der Waals surface area contributed by atoms with Gasteiger partial charge in [-0.15, -0.1) is 5.06 Å². The fourth-order valence-electron chi connectivity index (χ4n) is 5.43. The van der Waals surface area contributed by atoms with E-state index in [9.17, 15) is 19.6 Å². The van der Waals surface area contributed by atoms with Gasteiger partial charge in [-0.2, -0.15) is 0 Å². The fourth-order valence-corrected chi connectivity index (χ4v) is 5.43. The lowest BCUT2D eigenvalue weighted by Crippen LogP contribution is -2.58. The van der Waals surface area contributed by atoms with Gasteiger partial charge in [-0.05, 0) is 24.7 Å². The highest BCUT2D eigenvalue weighted by Gasteiger charge is 2.35. The molecule has 7 heteroatoms. The van der Waals surface area contributed by atoms with Crippen molar-refractivity contribution in [1.29, 1.82) is 0 Å². The second-order valence-electron chi connectivity index (χ2n) is 12.9. The number of urea groups is 1. The number of carbonyl (C=O) groups is 3. The molecule has 1 aliphatic carbocycles. The number of amides is 4. The molecule has 0 heterocycles. The van der Waals surface area contributed by atoms with E-state index in [4.69, 9.17) is 0 Å². The quantitative estimate of drug-likeness (QED) is 0.0803. The molecule has 7 nitrogen and oxygen atoms in total. The molecule has 0 bridgehead atoms. The van der Waals surface area contributed by atoms with Crippen LogP contribution < -0.4 is 10.6 Å². The van der Waals surface area contributed by atoms with Gasteiger partial charge >= 0.3 is 6.03 Å². The number of carbonyl (C=O) groups excluding carboxylic acids is 3. The summed E-state index contributed by atoms with van der Waals surface area (Å²) < 4.78 is 0. The topological polar surface area (TPSA) is 98.7 Å². The molecule has 1 saturated carbocycles. The SMILES string of the molecule is CCCCCCCCCCCCCCCCCCC(=O)N(O)C(=O)NC(C(=O)NC1CCCCC1)C(C)(C)C.